The Morgan fingerprint density at radius 1 is 1.00 bits per heavy atom. The molecule has 1 unspecified atom stereocenters. The van der Waals surface area contributed by atoms with Crippen LogP contribution in [0.1, 0.15) is 32.6 Å². The van der Waals surface area contributed by atoms with Gasteiger partial charge in [0.25, 0.3) is 0 Å². The number of carbonyl (C=O) groups excluding carboxylic acids is 3. The first kappa shape index (κ1) is 20.2. The van der Waals surface area contributed by atoms with Crippen molar-refractivity contribution in [1.82, 2.24) is 9.80 Å². The summed E-state index contributed by atoms with van der Waals surface area (Å²) in [7, 11) is 0. The van der Waals surface area contributed by atoms with Crippen LogP contribution in [0.15, 0.2) is 30.3 Å². The van der Waals surface area contributed by atoms with E-state index in [9.17, 15) is 14.4 Å². The molecule has 2 aliphatic heterocycles. The van der Waals surface area contributed by atoms with Gasteiger partial charge in [-0.05, 0) is 44.7 Å². The molecule has 1 aromatic carbocycles. The van der Waals surface area contributed by atoms with E-state index in [1.807, 2.05) is 35.2 Å². The number of nitrogens with zero attached hydrogens (tertiary/aromatic N) is 2. The van der Waals surface area contributed by atoms with Gasteiger partial charge >= 0.3 is 6.09 Å². The van der Waals surface area contributed by atoms with E-state index in [4.69, 9.17) is 4.74 Å². The Morgan fingerprint density at radius 2 is 1.71 bits per heavy atom. The van der Waals surface area contributed by atoms with Crippen LogP contribution in [0.25, 0.3) is 0 Å². The zero-order valence-corrected chi connectivity index (χ0v) is 16.4. The van der Waals surface area contributed by atoms with Gasteiger partial charge in [0, 0.05) is 37.8 Å². The first-order valence-electron chi connectivity index (χ1n) is 10.1. The molecule has 1 aromatic rings. The van der Waals surface area contributed by atoms with E-state index in [1.54, 1.807) is 11.8 Å². The number of hydrogen-bond acceptors (Lipinski definition) is 4. The molecular formula is C21H29N3O4. The monoisotopic (exact) mass is 387 g/mol. The number of benzene rings is 1. The first-order chi connectivity index (χ1) is 13.6. The van der Waals surface area contributed by atoms with Crippen LogP contribution in [0.2, 0.25) is 0 Å². The minimum absolute atomic E-state index is 0.0270. The third-order valence-electron chi connectivity index (χ3n) is 5.52. The van der Waals surface area contributed by atoms with Crippen molar-refractivity contribution in [2.45, 2.75) is 32.6 Å². The van der Waals surface area contributed by atoms with Crippen molar-refractivity contribution in [1.29, 1.82) is 0 Å². The van der Waals surface area contributed by atoms with Crippen LogP contribution in [0.4, 0.5) is 10.5 Å². The first-order valence-corrected chi connectivity index (χ1v) is 10.1. The lowest BCUT2D eigenvalue weighted by Gasteiger charge is -2.37. The van der Waals surface area contributed by atoms with Gasteiger partial charge in [-0.2, -0.15) is 0 Å². The Labute approximate surface area is 166 Å². The smallest absolute Gasteiger partial charge is 0.409 e. The number of hydrogen-bond donors (Lipinski definition) is 1. The Morgan fingerprint density at radius 3 is 2.39 bits per heavy atom. The van der Waals surface area contributed by atoms with Crippen molar-refractivity contribution in [2.24, 2.45) is 11.8 Å². The summed E-state index contributed by atoms with van der Waals surface area (Å²) >= 11 is 0. The lowest BCUT2D eigenvalue weighted by atomic mass is 9.92. The summed E-state index contributed by atoms with van der Waals surface area (Å²) in [5, 5.41) is 2.95. The molecule has 1 N–H and O–H groups in total. The Bertz CT molecular complexity index is 686. The molecule has 0 bridgehead atoms. The maximum atomic E-state index is 12.9. The summed E-state index contributed by atoms with van der Waals surface area (Å²) < 4.78 is 5.03. The summed E-state index contributed by atoms with van der Waals surface area (Å²) in [4.78, 5) is 40.8. The van der Waals surface area contributed by atoms with Crippen LogP contribution < -0.4 is 5.32 Å². The van der Waals surface area contributed by atoms with Crippen molar-refractivity contribution < 1.29 is 19.1 Å². The molecule has 0 spiro atoms. The van der Waals surface area contributed by atoms with E-state index in [1.165, 1.54) is 0 Å². The topological polar surface area (TPSA) is 79.0 Å². The molecule has 0 radical (unpaired) electrons. The molecule has 3 rings (SSSR count). The van der Waals surface area contributed by atoms with Gasteiger partial charge in [0.15, 0.2) is 0 Å². The number of piperidine rings is 2. The predicted octanol–water partition coefficient (Wildman–Crippen LogP) is 2.73. The van der Waals surface area contributed by atoms with E-state index < -0.39 is 0 Å². The van der Waals surface area contributed by atoms with E-state index in [-0.39, 0.29) is 29.7 Å². The van der Waals surface area contributed by atoms with Gasteiger partial charge in [-0.25, -0.2) is 4.79 Å². The third-order valence-corrected chi connectivity index (χ3v) is 5.52. The molecule has 2 heterocycles. The number of ether oxygens (including phenoxy) is 1. The summed E-state index contributed by atoms with van der Waals surface area (Å²) in [6.45, 7) is 4.40. The summed E-state index contributed by atoms with van der Waals surface area (Å²) in [6.07, 6.45) is 2.62. The number of amides is 3. The van der Waals surface area contributed by atoms with Gasteiger partial charge in [-0.3, -0.25) is 9.59 Å². The lowest BCUT2D eigenvalue weighted by molar-refractivity contribution is -0.139. The predicted molar refractivity (Wildman–Crippen MR) is 106 cm³/mol. The van der Waals surface area contributed by atoms with Crippen LogP contribution in [0.3, 0.4) is 0 Å². The highest BCUT2D eigenvalue weighted by molar-refractivity contribution is 5.93. The minimum Gasteiger partial charge on any atom is -0.450 e. The van der Waals surface area contributed by atoms with Crippen LogP contribution in [0.5, 0.6) is 0 Å². The summed E-state index contributed by atoms with van der Waals surface area (Å²) in [6, 6.07) is 9.40. The fourth-order valence-corrected chi connectivity index (χ4v) is 3.94. The van der Waals surface area contributed by atoms with Crippen LogP contribution in [0, 0.1) is 11.8 Å². The lowest BCUT2D eigenvalue weighted by Crippen LogP contribution is -2.48. The maximum Gasteiger partial charge on any atom is 0.409 e. The maximum absolute atomic E-state index is 12.9. The zero-order valence-electron chi connectivity index (χ0n) is 16.4. The van der Waals surface area contributed by atoms with Crippen molar-refractivity contribution in [3.05, 3.63) is 30.3 Å². The highest BCUT2D eigenvalue weighted by atomic mass is 16.6. The molecule has 2 saturated heterocycles. The summed E-state index contributed by atoms with van der Waals surface area (Å²) in [5.41, 5.74) is 0.780. The average Bonchev–Trinajstić information content (AvgIpc) is 2.74. The standard InChI is InChI=1S/C21H29N3O4/c1-2-28-21(27)23-13-10-16(11-14-23)20(26)24-12-6-7-17(15-24)19(25)22-18-8-4-3-5-9-18/h3-5,8-9,16-17H,2,6-7,10-15H2,1H3,(H,22,25). The number of nitrogens with one attached hydrogen (secondary N) is 1. The molecule has 0 saturated carbocycles. The Balaban J connectivity index is 1.50. The van der Waals surface area contributed by atoms with Crippen molar-refractivity contribution in [3.8, 4) is 0 Å². The van der Waals surface area contributed by atoms with Gasteiger partial charge in [0.05, 0.1) is 12.5 Å². The molecule has 152 valence electrons. The molecule has 1 atom stereocenters. The Hall–Kier alpha value is -2.57. The molecule has 0 aliphatic carbocycles. The van der Waals surface area contributed by atoms with Crippen molar-refractivity contribution in [2.75, 3.05) is 38.1 Å². The van der Waals surface area contributed by atoms with E-state index >= 15 is 0 Å². The molecule has 0 aromatic heterocycles. The molecular weight excluding hydrogens is 358 g/mol. The number of likely N-dealkylation sites (tertiary alicyclic amines) is 2. The molecule has 3 amide bonds. The highest BCUT2D eigenvalue weighted by Crippen LogP contribution is 2.25. The Kier molecular flexibility index (Phi) is 6.90. The summed E-state index contributed by atoms with van der Waals surface area (Å²) in [5.74, 6) is -0.180. The number of anilines is 1. The second-order valence-corrected chi connectivity index (χ2v) is 7.44. The number of rotatable bonds is 4. The number of para-hydroxylation sites is 1. The molecule has 7 heteroatoms. The molecule has 28 heavy (non-hydrogen) atoms. The van der Waals surface area contributed by atoms with Gasteiger partial charge in [0.1, 0.15) is 0 Å². The quantitative estimate of drug-likeness (QED) is 0.862. The zero-order chi connectivity index (χ0) is 19.9. The fourth-order valence-electron chi connectivity index (χ4n) is 3.94. The fraction of sp³-hybridized carbons (Fsp3) is 0.571. The molecule has 7 nitrogen and oxygen atoms in total. The molecule has 2 fully saturated rings. The SMILES string of the molecule is CCOC(=O)N1CCC(C(=O)N2CCCC(C(=O)Nc3ccccc3)C2)CC1. The second kappa shape index (κ2) is 9.57. The van der Waals surface area contributed by atoms with Crippen LogP contribution in [-0.2, 0) is 14.3 Å². The van der Waals surface area contributed by atoms with E-state index in [0.717, 1.165) is 18.5 Å². The van der Waals surface area contributed by atoms with Gasteiger partial charge < -0.3 is 19.9 Å². The second-order valence-electron chi connectivity index (χ2n) is 7.44. The highest BCUT2D eigenvalue weighted by Gasteiger charge is 2.34. The van der Waals surface area contributed by atoms with Gasteiger partial charge in [-0.15, -0.1) is 0 Å². The number of carbonyl (C=O) groups is 3. The van der Waals surface area contributed by atoms with Crippen LogP contribution in [-0.4, -0.2) is 60.5 Å². The van der Waals surface area contributed by atoms with Crippen molar-refractivity contribution in [3.63, 3.8) is 0 Å². The van der Waals surface area contributed by atoms with Gasteiger partial charge in [0.2, 0.25) is 11.8 Å². The van der Waals surface area contributed by atoms with E-state index in [2.05, 4.69) is 5.32 Å². The normalized spacial score (nSPS) is 20.5. The molecule has 2 aliphatic rings. The van der Waals surface area contributed by atoms with E-state index in [0.29, 0.717) is 45.6 Å². The minimum atomic E-state index is -0.302. The third kappa shape index (κ3) is 5.03. The van der Waals surface area contributed by atoms with Crippen LogP contribution >= 0.6 is 0 Å². The van der Waals surface area contributed by atoms with Gasteiger partial charge in [-0.1, -0.05) is 18.2 Å². The average molecular weight is 387 g/mol. The van der Waals surface area contributed by atoms with Crippen molar-refractivity contribution >= 4 is 23.6 Å². The largest absolute Gasteiger partial charge is 0.450 e.